The van der Waals surface area contributed by atoms with Gasteiger partial charge in [-0.15, -0.1) is 0 Å². The van der Waals surface area contributed by atoms with Crippen LogP contribution in [0.1, 0.15) is 18.5 Å². The van der Waals surface area contributed by atoms with Crippen LogP contribution in [0.2, 0.25) is 0 Å². The van der Waals surface area contributed by atoms with E-state index in [2.05, 4.69) is 36.4 Å². The molecule has 0 fully saturated rings. The van der Waals surface area contributed by atoms with Crippen LogP contribution < -0.4 is 5.73 Å². The Labute approximate surface area is 108 Å². The van der Waals surface area contributed by atoms with E-state index in [1.54, 1.807) is 0 Å². The van der Waals surface area contributed by atoms with Gasteiger partial charge in [0.25, 0.3) is 0 Å². The van der Waals surface area contributed by atoms with Crippen LogP contribution in [0.25, 0.3) is 11.1 Å². The van der Waals surface area contributed by atoms with Gasteiger partial charge in [-0.3, -0.25) is 0 Å². The lowest BCUT2D eigenvalue weighted by molar-refractivity contribution is 0.133. The monoisotopic (exact) mass is 241 g/mol. The van der Waals surface area contributed by atoms with Crippen LogP contribution in [-0.2, 0) is 4.74 Å². The summed E-state index contributed by atoms with van der Waals surface area (Å²) in [6, 6.07) is 18.6. The van der Waals surface area contributed by atoms with Crippen molar-refractivity contribution in [3.8, 4) is 11.1 Å². The molecule has 0 saturated carbocycles. The van der Waals surface area contributed by atoms with Gasteiger partial charge in [-0.25, -0.2) is 0 Å². The summed E-state index contributed by atoms with van der Waals surface area (Å²) in [5.74, 6) is 0. The molecule has 2 nitrogen and oxygen atoms in total. The maximum absolute atomic E-state index is 6.04. The Morgan fingerprint density at radius 3 is 2.17 bits per heavy atom. The van der Waals surface area contributed by atoms with Gasteiger partial charge in [-0.1, -0.05) is 54.6 Å². The van der Waals surface area contributed by atoms with E-state index in [9.17, 15) is 0 Å². The van der Waals surface area contributed by atoms with Crippen LogP contribution in [0.4, 0.5) is 0 Å². The summed E-state index contributed by atoms with van der Waals surface area (Å²) in [4.78, 5) is 0. The second kappa shape index (κ2) is 6.34. The van der Waals surface area contributed by atoms with Gasteiger partial charge in [0.1, 0.15) is 0 Å². The lowest BCUT2D eigenvalue weighted by Crippen LogP contribution is -2.16. The summed E-state index contributed by atoms with van der Waals surface area (Å²) < 4.78 is 5.34. The smallest absolute Gasteiger partial charge is 0.0659 e. The molecule has 0 aliphatic rings. The molecule has 0 aromatic heterocycles. The molecule has 0 amide bonds. The van der Waals surface area contributed by atoms with Gasteiger partial charge in [-0.05, 0) is 23.6 Å². The maximum atomic E-state index is 6.04. The first-order chi connectivity index (χ1) is 8.81. The van der Waals surface area contributed by atoms with Crippen LogP contribution in [-0.4, -0.2) is 13.2 Å². The van der Waals surface area contributed by atoms with Gasteiger partial charge in [0, 0.05) is 6.61 Å². The number of ether oxygens (including phenoxy) is 1. The summed E-state index contributed by atoms with van der Waals surface area (Å²) in [6.07, 6.45) is 0. The molecule has 0 radical (unpaired) electrons. The molecule has 1 unspecified atom stereocenters. The highest BCUT2D eigenvalue weighted by atomic mass is 16.5. The van der Waals surface area contributed by atoms with E-state index in [1.807, 2.05) is 25.1 Å². The van der Waals surface area contributed by atoms with Crippen molar-refractivity contribution in [3.63, 3.8) is 0 Å². The molecule has 2 aromatic rings. The van der Waals surface area contributed by atoms with E-state index in [1.165, 1.54) is 11.1 Å². The first kappa shape index (κ1) is 12.8. The minimum absolute atomic E-state index is 0.0465. The molecular weight excluding hydrogens is 222 g/mol. The number of rotatable bonds is 5. The molecule has 2 aromatic carbocycles. The summed E-state index contributed by atoms with van der Waals surface area (Å²) >= 11 is 0. The molecule has 1 atom stereocenters. The Hall–Kier alpha value is -1.64. The van der Waals surface area contributed by atoms with E-state index in [0.29, 0.717) is 13.2 Å². The minimum atomic E-state index is -0.0465. The fourth-order valence-electron chi connectivity index (χ4n) is 1.89. The van der Waals surface area contributed by atoms with Crippen molar-refractivity contribution in [1.82, 2.24) is 0 Å². The topological polar surface area (TPSA) is 35.2 Å². The highest BCUT2D eigenvalue weighted by Crippen LogP contribution is 2.21. The van der Waals surface area contributed by atoms with Crippen LogP contribution in [0.15, 0.2) is 54.6 Å². The second-order valence-electron chi connectivity index (χ2n) is 4.25. The Morgan fingerprint density at radius 2 is 1.56 bits per heavy atom. The molecular formula is C16H19NO. The zero-order valence-electron chi connectivity index (χ0n) is 10.7. The van der Waals surface area contributed by atoms with Crippen molar-refractivity contribution in [1.29, 1.82) is 0 Å². The molecule has 0 saturated heterocycles. The first-order valence-corrected chi connectivity index (χ1v) is 6.30. The highest BCUT2D eigenvalue weighted by Gasteiger charge is 2.05. The molecule has 2 N–H and O–H groups in total. The molecule has 0 aliphatic carbocycles. The van der Waals surface area contributed by atoms with Gasteiger partial charge < -0.3 is 10.5 Å². The third-order valence-corrected chi connectivity index (χ3v) is 2.95. The van der Waals surface area contributed by atoms with Crippen LogP contribution in [0.3, 0.4) is 0 Å². The van der Waals surface area contributed by atoms with Gasteiger partial charge in [0.2, 0.25) is 0 Å². The first-order valence-electron chi connectivity index (χ1n) is 6.30. The van der Waals surface area contributed by atoms with Crippen molar-refractivity contribution >= 4 is 0 Å². The third-order valence-electron chi connectivity index (χ3n) is 2.95. The quantitative estimate of drug-likeness (QED) is 0.870. The van der Waals surface area contributed by atoms with Crippen molar-refractivity contribution in [2.24, 2.45) is 5.73 Å². The molecule has 0 bridgehead atoms. The third kappa shape index (κ3) is 3.19. The zero-order valence-corrected chi connectivity index (χ0v) is 10.7. The molecule has 2 heteroatoms. The second-order valence-corrected chi connectivity index (χ2v) is 4.25. The maximum Gasteiger partial charge on any atom is 0.0659 e. The van der Waals surface area contributed by atoms with Gasteiger partial charge >= 0.3 is 0 Å². The standard InChI is InChI=1S/C16H19NO/c1-2-18-12-16(17)15-10-8-14(9-11-15)13-6-4-3-5-7-13/h3-11,16H,2,12,17H2,1H3. The normalized spacial score (nSPS) is 12.3. The predicted octanol–water partition coefficient (Wildman–Crippen LogP) is 3.39. The van der Waals surface area contributed by atoms with Crippen molar-refractivity contribution in [2.75, 3.05) is 13.2 Å². The Bertz CT molecular complexity index is 464. The molecule has 2 rings (SSSR count). The fourth-order valence-corrected chi connectivity index (χ4v) is 1.89. The van der Waals surface area contributed by atoms with Crippen LogP contribution >= 0.6 is 0 Å². The van der Waals surface area contributed by atoms with E-state index in [-0.39, 0.29) is 6.04 Å². The van der Waals surface area contributed by atoms with Crippen molar-refractivity contribution < 1.29 is 4.74 Å². The molecule has 0 spiro atoms. The largest absolute Gasteiger partial charge is 0.380 e. The number of benzene rings is 2. The summed E-state index contributed by atoms with van der Waals surface area (Å²) in [6.45, 7) is 3.25. The average Bonchev–Trinajstić information content (AvgIpc) is 2.46. The lowest BCUT2D eigenvalue weighted by atomic mass is 10.0. The Morgan fingerprint density at radius 1 is 0.944 bits per heavy atom. The van der Waals surface area contributed by atoms with Gasteiger partial charge in [-0.2, -0.15) is 0 Å². The Kier molecular flexibility index (Phi) is 4.51. The van der Waals surface area contributed by atoms with E-state index in [0.717, 1.165) is 5.56 Å². The van der Waals surface area contributed by atoms with Crippen molar-refractivity contribution in [2.45, 2.75) is 13.0 Å². The number of hydrogen-bond acceptors (Lipinski definition) is 2. The SMILES string of the molecule is CCOCC(N)c1ccc(-c2ccccc2)cc1. The van der Waals surface area contributed by atoms with Crippen LogP contribution in [0, 0.1) is 0 Å². The number of nitrogens with two attached hydrogens (primary N) is 1. The van der Waals surface area contributed by atoms with E-state index in [4.69, 9.17) is 10.5 Å². The summed E-state index contributed by atoms with van der Waals surface area (Å²) in [5.41, 5.74) is 9.59. The van der Waals surface area contributed by atoms with Gasteiger partial charge in [0.15, 0.2) is 0 Å². The Balaban J connectivity index is 2.10. The zero-order chi connectivity index (χ0) is 12.8. The molecule has 0 heterocycles. The fraction of sp³-hybridized carbons (Fsp3) is 0.250. The van der Waals surface area contributed by atoms with Gasteiger partial charge in [0.05, 0.1) is 12.6 Å². The minimum Gasteiger partial charge on any atom is -0.380 e. The highest BCUT2D eigenvalue weighted by molar-refractivity contribution is 5.63. The lowest BCUT2D eigenvalue weighted by Gasteiger charge is -2.12. The van der Waals surface area contributed by atoms with Crippen molar-refractivity contribution in [3.05, 3.63) is 60.2 Å². The molecule has 0 aliphatic heterocycles. The predicted molar refractivity (Wildman–Crippen MR) is 75.3 cm³/mol. The van der Waals surface area contributed by atoms with Crippen LogP contribution in [0.5, 0.6) is 0 Å². The van der Waals surface area contributed by atoms with E-state index >= 15 is 0 Å². The summed E-state index contributed by atoms with van der Waals surface area (Å²) in [5, 5.41) is 0. The number of hydrogen-bond donors (Lipinski definition) is 1. The molecule has 94 valence electrons. The summed E-state index contributed by atoms with van der Waals surface area (Å²) in [7, 11) is 0. The van der Waals surface area contributed by atoms with E-state index < -0.39 is 0 Å². The molecule has 18 heavy (non-hydrogen) atoms. The average molecular weight is 241 g/mol.